The van der Waals surface area contributed by atoms with Crippen molar-refractivity contribution in [2.24, 2.45) is 0 Å². The molecule has 1 aliphatic heterocycles. The van der Waals surface area contributed by atoms with Gasteiger partial charge in [0.15, 0.2) is 0 Å². The maximum atomic E-state index is 11.1. The smallest absolute Gasteiger partial charge is 0.335 e. The van der Waals surface area contributed by atoms with Crippen molar-refractivity contribution in [2.75, 3.05) is 13.2 Å². The summed E-state index contributed by atoms with van der Waals surface area (Å²) in [6.07, 6.45) is 2.82. The molecule has 8 heteroatoms. The van der Waals surface area contributed by atoms with Crippen molar-refractivity contribution in [3.05, 3.63) is 41.4 Å². The average Bonchev–Trinajstić information content (AvgIpc) is 3.33. The molecule has 0 unspecified atom stereocenters. The van der Waals surface area contributed by atoms with E-state index in [0.717, 1.165) is 29.3 Å². The predicted molar refractivity (Wildman–Crippen MR) is 88.0 cm³/mol. The third-order valence-electron chi connectivity index (χ3n) is 3.91. The second-order valence-electron chi connectivity index (χ2n) is 5.53. The van der Waals surface area contributed by atoms with Crippen molar-refractivity contribution in [1.82, 2.24) is 20.0 Å². The van der Waals surface area contributed by atoms with E-state index in [2.05, 4.69) is 15.3 Å². The fourth-order valence-corrected chi connectivity index (χ4v) is 3.42. The van der Waals surface area contributed by atoms with Crippen LogP contribution in [-0.2, 0) is 4.74 Å². The van der Waals surface area contributed by atoms with Crippen LogP contribution in [-0.4, -0.2) is 44.3 Å². The molecule has 0 aliphatic carbocycles. The first-order valence-electron chi connectivity index (χ1n) is 7.50. The van der Waals surface area contributed by atoms with E-state index in [1.54, 1.807) is 18.2 Å². The average molecular weight is 342 g/mol. The number of benzene rings is 1. The largest absolute Gasteiger partial charge is 0.478 e. The summed E-state index contributed by atoms with van der Waals surface area (Å²) in [6, 6.07) is 6.99. The van der Waals surface area contributed by atoms with Crippen LogP contribution in [0, 0.1) is 0 Å². The van der Waals surface area contributed by atoms with Gasteiger partial charge in [-0.25, -0.2) is 14.5 Å². The van der Waals surface area contributed by atoms with Crippen LogP contribution in [0.25, 0.3) is 22.0 Å². The van der Waals surface area contributed by atoms with Crippen LogP contribution in [0.2, 0.25) is 0 Å². The highest BCUT2D eigenvalue weighted by Gasteiger charge is 2.20. The lowest BCUT2D eigenvalue weighted by Crippen LogP contribution is -2.08. The zero-order valence-corrected chi connectivity index (χ0v) is 13.4. The molecule has 3 heterocycles. The molecule has 4 rings (SSSR count). The van der Waals surface area contributed by atoms with Crippen molar-refractivity contribution in [3.8, 4) is 22.0 Å². The number of carboxylic acids is 1. The Morgan fingerprint density at radius 3 is 3.08 bits per heavy atom. The van der Waals surface area contributed by atoms with E-state index in [9.17, 15) is 4.79 Å². The lowest BCUT2D eigenvalue weighted by atomic mass is 10.1. The Kier molecular flexibility index (Phi) is 3.83. The molecule has 1 saturated heterocycles. The van der Waals surface area contributed by atoms with E-state index in [-0.39, 0.29) is 11.6 Å². The molecule has 122 valence electrons. The Morgan fingerprint density at radius 1 is 1.38 bits per heavy atom. The zero-order chi connectivity index (χ0) is 16.5. The van der Waals surface area contributed by atoms with Gasteiger partial charge in [0.2, 0.25) is 0 Å². The van der Waals surface area contributed by atoms with Crippen LogP contribution >= 0.6 is 11.3 Å². The fourth-order valence-electron chi connectivity index (χ4n) is 2.61. The van der Waals surface area contributed by atoms with Gasteiger partial charge in [-0.1, -0.05) is 17.3 Å². The molecule has 0 spiro atoms. The minimum Gasteiger partial charge on any atom is -0.478 e. The van der Waals surface area contributed by atoms with Crippen LogP contribution in [0.15, 0.2) is 35.8 Å². The van der Waals surface area contributed by atoms with Crippen LogP contribution in [0.4, 0.5) is 0 Å². The highest BCUT2D eigenvalue weighted by atomic mass is 32.1. The number of hydrogen-bond acceptors (Lipinski definition) is 6. The number of aromatic nitrogens is 4. The Bertz CT molecular complexity index is 883. The molecule has 1 fully saturated rings. The van der Waals surface area contributed by atoms with Gasteiger partial charge in [0.25, 0.3) is 0 Å². The summed E-state index contributed by atoms with van der Waals surface area (Å²) in [4.78, 5) is 15.7. The van der Waals surface area contributed by atoms with Crippen molar-refractivity contribution >= 4 is 17.3 Å². The first kappa shape index (κ1) is 15.0. The molecule has 2 aromatic heterocycles. The fraction of sp³-hybridized carbons (Fsp3) is 0.250. The highest BCUT2D eigenvalue weighted by Crippen LogP contribution is 2.29. The van der Waals surface area contributed by atoms with Gasteiger partial charge in [-0.05, 0) is 18.6 Å². The van der Waals surface area contributed by atoms with E-state index < -0.39 is 5.97 Å². The van der Waals surface area contributed by atoms with E-state index in [0.29, 0.717) is 12.3 Å². The minimum absolute atomic E-state index is 0.233. The number of carbonyl (C=O) groups is 1. The highest BCUT2D eigenvalue weighted by molar-refractivity contribution is 7.13. The molecule has 1 N–H and O–H groups in total. The molecule has 0 saturated carbocycles. The van der Waals surface area contributed by atoms with Gasteiger partial charge in [-0.3, -0.25) is 0 Å². The first-order chi connectivity index (χ1) is 11.7. The monoisotopic (exact) mass is 342 g/mol. The molecule has 0 radical (unpaired) electrons. The van der Waals surface area contributed by atoms with Crippen LogP contribution in [0.5, 0.6) is 0 Å². The SMILES string of the molecule is O=C(O)c1cccc(-c2nc(-c3cn([C@@H]4CCOC4)nn3)cs2)c1. The summed E-state index contributed by atoms with van der Waals surface area (Å²) in [7, 11) is 0. The Morgan fingerprint density at radius 2 is 2.29 bits per heavy atom. The summed E-state index contributed by atoms with van der Waals surface area (Å²) < 4.78 is 7.19. The van der Waals surface area contributed by atoms with Crippen molar-refractivity contribution in [2.45, 2.75) is 12.5 Å². The Labute approximate surface area is 141 Å². The zero-order valence-electron chi connectivity index (χ0n) is 12.6. The van der Waals surface area contributed by atoms with E-state index in [1.807, 2.05) is 22.3 Å². The van der Waals surface area contributed by atoms with Gasteiger partial charge in [0.1, 0.15) is 16.4 Å². The molecule has 7 nitrogen and oxygen atoms in total. The molecule has 0 bridgehead atoms. The summed E-state index contributed by atoms with van der Waals surface area (Å²) in [5, 5.41) is 20.1. The predicted octanol–water partition coefficient (Wildman–Crippen LogP) is 2.73. The number of thiazole rings is 1. The van der Waals surface area contributed by atoms with E-state index in [1.165, 1.54) is 11.3 Å². The molecule has 1 atom stereocenters. The third kappa shape index (κ3) is 2.81. The molecule has 1 aliphatic rings. The maximum Gasteiger partial charge on any atom is 0.335 e. The number of hydrogen-bond donors (Lipinski definition) is 1. The Balaban J connectivity index is 1.61. The molecule has 0 amide bonds. The number of nitrogens with zero attached hydrogens (tertiary/aromatic N) is 4. The number of aromatic carboxylic acids is 1. The molecular formula is C16H14N4O3S. The van der Waals surface area contributed by atoms with Crippen molar-refractivity contribution in [1.29, 1.82) is 0 Å². The van der Waals surface area contributed by atoms with Gasteiger partial charge in [0.05, 0.1) is 24.4 Å². The van der Waals surface area contributed by atoms with Gasteiger partial charge in [0, 0.05) is 17.6 Å². The Hall–Kier alpha value is -2.58. The van der Waals surface area contributed by atoms with Crippen molar-refractivity contribution in [3.63, 3.8) is 0 Å². The summed E-state index contributed by atoms with van der Waals surface area (Å²) in [6.45, 7) is 1.41. The molecule has 1 aromatic carbocycles. The van der Waals surface area contributed by atoms with E-state index in [4.69, 9.17) is 9.84 Å². The number of ether oxygens (including phenoxy) is 1. The molecular weight excluding hydrogens is 328 g/mol. The maximum absolute atomic E-state index is 11.1. The second-order valence-corrected chi connectivity index (χ2v) is 6.38. The quantitative estimate of drug-likeness (QED) is 0.784. The van der Waals surface area contributed by atoms with Crippen molar-refractivity contribution < 1.29 is 14.6 Å². The van der Waals surface area contributed by atoms with Crippen LogP contribution in [0.1, 0.15) is 22.8 Å². The van der Waals surface area contributed by atoms with Crippen LogP contribution in [0.3, 0.4) is 0 Å². The number of rotatable bonds is 4. The molecule has 24 heavy (non-hydrogen) atoms. The summed E-state index contributed by atoms with van der Waals surface area (Å²) >= 11 is 1.45. The first-order valence-corrected chi connectivity index (χ1v) is 8.38. The molecule has 3 aromatic rings. The summed E-state index contributed by atoms with van der Waals surface area (Å²) in [5.41, 5.74) is 2.47. The van der Waals surface area contributed by atoms with Gasteiger partial charge < -0.3 is 9.84 Å². The summed E-state index contributed by atoms with van der Waals surface area (Å²) in [5.74, 6) is -0.949. The number of carboxylic acid groups (broad SMARTS) is 1. The van der Waals surface area contributed by atoms with Gasteiger partial charge in [-0.2, -0.15) is 0 Å². The lowest BCUT2D eigenvalue weighted by Gasteiger charge is -2.04. The normalized spacial score (nSPS) is 17.2. The van der Waals surface area contributed by atoms with E-state index >= 15 is 0 Å². The van der Waals surface area contributed by atoms with Gasteiger partial charge in [-0.15, -0.1) is 16.4 Å². The van der Waals surface area contributed by atoms with Gasteiger partial charge >= 0.3 is 5.97 Å². The van der Waals surface area contributed by atoms with Crippen LogP contribution < -0.4 is 0 Å². The topological polar surface area (TPSA) is 90.1 Å². The third-order valence-corrected chi connectivity index (χ3v) is 4.80. The minimum atomic E-state index is -0.949. The lowest BCUT2D eigenvalue weighted by molar-refractivity contribution is 0.0697. The second kappa shape index (κ2) is 6.14. The standard InChI is InChI=1S/C16H14N4O3S/c21-16(22)11-3-1-2-10(6-11)15-17-14(9-24-15)13-7-20(19-18-13)12-4-5-23-8-12/h1-3,6-7,9,12H,4-5,8H2,(H,21,22)/t12-/m1/s1.